The lowest BCUT2D eigenvalue weighted by Gasteiger charge is -2.58. The molecule has 0 aromatic heterocycles. The summed E-state index contributed by atoms with van der Waals surface area (Å²) in [5.41, 5.74) is 2.41. The summed E-state index contributed by atoms with van der Waals surface area (Å²) in [6, 6.07) is 0. The number of fused-ring (bicyclic) bond motifs is 5. The van der Waals surface area contributed by atoms with Crippen LogP contribution >= 0.6 is 0 Å². The summed E-state index contributed by atoms with van der Waals surface area (Å²) in [5, 5.41) is 0. The zero-order valence-corrected chi connectivity index (χ0v) is 23.9. The average Bonchev–Trinajstić information content (AvgIpc) is 3.16. The summed E-state index contributed by atoms with van der Waals surface area (Å²) in [4.78, 5) is 12.2. The fourth-order valence-corrected chi connectivity index (χ4v) is 9.16. The second-order valence-corrected chi connectivity index (χ2v) is 13.9. The van der Waals surface area contributed by atoms with Gasteiger partial charge in [-0.05, 0) is 105 Å². The molecule has 0 aromatic rings. The maximum Gasteiger partial charge on any atom is 0.508 e. The van der Waals surface area contributed by atoms with Crippen molar-refractivity contribution in [2.75, 3.05) is 0 Å². The molecule has 4 aliphatic rings. The molecule has 0 spiro atoms. The molecule has 0 radical (unpaired) electrons. The number of carbonyl (C=O) groups excluding carboxylic acids is 1. The van der Waals surface area contributed by atoms with Crippen LogP contribution in [-0.2, 0) is 9.47 Å². The van der Waals surface area contributed by atoms with E-state index in [1.165, 1.54) is 51.4 Å². The van der Waals surface area contributed by atoms with Crippen molar-refractivity contribution in [3.8, 4) is 0 Å². The van der Waals surface area contributed by atoms with Gasteiger partial charge < -0.3 is 9.47 Å². The highest BCUT2D eigenvalue weighted by atomic mass is 16.7. The monoisotopic (exact) mass is 486 g/mol. The number of hydrogen-bond donors (Lipinski definition) is 0. The highest BCUT2D eigenvalue weighted by Crippen LogP contribution is 2.67. The van der Waals surface area contributed by atoms with Crippen LogP contribution in [0.15, 0.2) is 11.6 Å². The van der Waals surface area contributed by atoms with Crippen LogP contribution in [0.3, 0.4) is 0 Å². The van der Waals surface area contributed by atoms with Gasteiger partial charge >= 0.3 is 6.16 Å². The summed E-state index contributed by atoms with van der Waals surface area (Å²) in [5.74, 6) is 5.17. The third-order valence-corrected chi connectivity index (χ3v) is 11.4. The third kappa shape index (κ3) is 5.35. The van der Waals surface area contributed by atoms with Crippen molar-refractivity contribution in [3.05, 3.63) is 11.6 Å². The predicted octanol–water partition coefficient (Wildman–Crippen LogP) is 9.35. The first-order valence-corrected chi connectivity index (χ1v) is 15.1. The smallest absolute Gasteiger partial charge is 0.431 e. The van der Waals surface area contributed by atoms with Gasteiger partial charge in [0.15, 0.2) is 0 Å². The van der Waals surface area contributed by atoms with Crippen molar-refractivity contribution < 1.29 is 14.3 Å². The SMILES string of the molecule is CCC(C)OC(=O)OC1CCC2(C)C(=CCC3C2CCC2(C)C(C(C)CCCC(C)C)CCC32)C1. The lowest BCUT2D eigenvalue weighted by atomic mass is 9.47. The van der Waals surface area contributed by atoms with Crippen LogP contribution in [0.1, 0.15) is 126 Å². The van der Waals surface area contributed by atoms with Crippen molar-refractivity contribution in [2.45, 2.75) is 138 Å². The Morgan fingerprint density at radius 3 is 2.51 bits per heavy atom. The van der Waals surface area contributed by atoms with E-state index in [2.05, 4.69) is 40.7 Å². The molecular weight excluding hydrogens is 432 g/mol. The summed E-state index contributed by atoms with van der Waals surface area (Å²) in [6.45, 7) is 16.5. The lowest BCUT2D eigenvalue weighted by Crippen LogP contribution is -2.51. The number of rotatable bonds is 8. The molecule has 3 saturated carbocycles. The first-order chi connectivity index (χ1) is 16.6. The summed E-state index contributed by atoms with van der Waals surface area (Å²) in [7, 11) is 0. The van der Waals surface area contributed by atoms with Gasteiger partial charge in [-0.15, -0.1) is 0 Å². The van der Waals surface area contributed by atoms with Gasteiger partial charge in [-0.25, -0.2) is 4.79 Å². The molecule has 0 amide bonds. The molecule has 4 aliphatic carbocycles. The van der Waals surface area contributed by atoms with Crippen LogP contribution in [-0.4, -0.2) is 18.4 Å². The molecule has 200 valence electrons. The van der Waals surface area contributed by atoms with Crippen molar-refractivity contribution in [1.29, 1.82) is 0 Å². The zero-order valence-electron chi connectivity index (χ0n) is 23.9. The van der Waals surface area contributed by atoms with E-state index in [0.717, 1.165) is 61.2 Å². The zero-order chi connectivity index (χ0) is 25.4. The normalized spacial score (nSPS) is 40.2. The van der Waals surface area contributed by atoms with Crippen LogP contribution in [0.4, 0.5) is 4.79 Å². The number of carbonyl (C=O) groups is 1. The fourth-order valence-electron chi connectivity index (χ4n) is 9.16. The average molecular weight is 487 g/mol. The maximum absolute atomic E-state index is 12.2. The Kier molecular flexibility index (Phi) is 8.33. The van der Waals surface area contributed by atoms with E-state index in [0.29, 0.717) is 10.8 Å². The Morgan fingerprint density at radius 2 is 1.80 bits per heavy atom. The minimum Gasteiger partial charge on any atom is -0.431 e. The van der Waals surface area contributed by atoms with Gasteiger partial charge in [-0.1, -0.05) is 72.5 Å². The molecular formula is C32H54O3. The minimum absolute atomic E-state index is 0.0150. The number of allylic oxidation sites excluding steroid dienone is 1. The van der Waals surface area contributed by atoms with Gasteiger partial charge in [-0.2, -0.15) is 0 Å². The van der Waals surface area contributed by atoms with E-state index in [1.807, 2.05) is 13.8 Å². The summed E-state index contributed by atoms with van der Waals surface area (Å²) >= 11 is 0. The van der Waals surface area contributed by atoms with Gasteiger partial charge in [0.2, 0.25) is 0 Å². The third-order valence-electron chi connectivity index (χ3n) is 11.4. The van der Waals surface area contributed by atoms with E-state index < -0.39 is 6.16 Å². The maximum atomic E-state index is 12.2. The van der Waals surface area contributed by atoms with Crippen LogP contribution in [0, 0.1) is 46.3 Å². The first kappa shape index (κ1) is 27.1. The van der Waals surface area contributed by atoms with Crippen molar-refractivity contribution in [1.82, 2.24) is 0 Å². The molecule has 0 saturated heterocycles. The quantitative estimate of drug-likeness (QED) is 0.253. The van der Waals surface area contributed by atoms with Gasteiger partial charge in [0.25, 0.3) is 0 Å². The molecule has 0 aromatic carbocycles. The number of ether oxygens (including phenoxy) is 2. The molecule has 3 nitrogen and oxygen atoms in total. The Morgan fingerprint density at radius 1 is 1.03 bits per heavy atom. The fraction of sp³-hybridized carbons (Fsp3) is 0.906. The van der Waals surface area contributed by atoms with E-state index in [-0.39, 0.29) is 12.2 Å². The topological polar surface area (TPSA) is 35.5 Å². The standard InChI is InChI=1S/C32H54O3/c1-8-23(5)34-30(33)35-25-16-18-31(6)24(20-25)12-13-26-28-15-14-27(22(4)11-9-10-21(2)3)32(28,7)19-17-29(26)31/h12,21-23,25-29H,8-11,13-20H2,1-7H3. The Labute approximate surface area is 216 Å². The Hall–Kier alpha value is -0.990. The van der Waals surface area contributed by atoms with E-state index in [9.17, 15) is 4.79 Å². The molecule has 4 rings (SSSR count). The summed E-state index contributed by atoms with van der Waals surface area (Å²) in [6.07, 6.45) is 17.0. The molecule has 0 N–H and O–H groups in total. The molecule has 0 heterocycles. The van der Waals surface area contributed by atoms with Crippen molar-refractivity contribution in [2.24, 2.45) is 46.3 Å². The van der Waals surface area contributed by atoms with E-state index in [4.69, 9.17) is 9.47 Å². The molecule has 0 aliphatic heterocycles. The molecule has 3 fully saturated rings. The van der Waals surface area contributed by atoms with Crippen LogP contribution in [0.5, 0.6) is 0 Å². The predicted molar refractivity (Wildman–Crippen MR) is 144 cm³/mol. The molecule has 9 unspecified atom stereocenters. The van der Waals surface area contributed by atoms with Gasteiger partial charge in [0.05, 0.1) is 0 Å². The van der Waals surface area contributed by atoms with E-state index >= 15 is 0 Å². The van der Waals surface area contributed by atoms with Crippen LogP contribution in [0.25, 0.3) is 0 Å². The summed E-state index contributed by atoms with van der Waals surface area (Å²) < 4.78 is 11.2. The van der Waals surface area contributed by atoms with E-state index in [1.54, 1.807) is 5.57 Å². The highest BCUT2D eigenvalue weighted by molar-refractivity contribution is 5.60. The Bertz CT molecular complexity index is 771. The highest BCUT2D eigenvalue weighted by Gasteiger charge is 2.59. The molecule has 35 heavy (non-hydrogen) atoms. The second-order valence-electron chi connectivity index (χ2n) is 13.9. The molecule has 3 heteroatoms. The lowest BCUT2D eigenvalue weighted by molar-refractivity contribution is -0.0634. The number of hydrogen-bond acceptors (Lipinski definition) is 3. The van der Waals surface area contributed by atoms with Gasteiger partial charge in [0.1, 0.15) is 12.2 Å². The largest absolute Gasteiger partial charge is 0.508 e. The minimum atomic E-state index is -0.477. The van der Waals surface area contributed by atoms with Crippen LogP contribution < -0.4 is 0 Å². The Balaban J connectivity index is 1.41. The van der Waals surface area contributed by atoms with Gasteiger partial charge in [0, 0.05) is 6.42 Å². The second kappa shape index (κ2) is 10.8. The molecule has 9 atom stereocenters. The molecule has 0 bridgehead atoms. The van der Waals surface area contributed by atoms with Gasteiger partial charge in [-0.3, -0.25) is 0 Å². The van der Waals surface area contributed by atoms with Crippen molar-refractivity contribution in [3.63, 3.8) is 0 Å². The first-order valence-electron chi connectivity index (χ1n) is 15.1. The van der Waals surface area contributed by atoms with Crippen molar-refractivity contribution >= 4 is 6.16 Å². The van der Waals surface area contributed by atoms with Crippen LogP contribution in [0.2, 0.25) is 0 Å².